The van der Waals surface area contributed by atoms with Crippen molar-refractivity contribution in [2.24, 2.45) is 0 Å². The van der Waals surface area contributed by atoms with Gasteiger partial charge in [0.2, 0.25) is 5.91 Å². The molecular weight excluding hydrogens is 437 g/mol. The number of fused-ring (bicyclic) bond motifs is 1. The van der Waals surface area contributed by atoms with Crippen LogP contribution in [-0.4, -0.2) is 59.3 Å². The molecule has 3 aromatic rings. The summed E-state index contributed by atoms with van der Waals surface area (Å²) in [4.78, 5) is 22.5. The van der Waals surface area contributed by atoms with Gasteiger partial charge in [0.1, 0.15) is 18.2 Å². The topological polar surface area (TPSA) is 53.4 Å². The molecule has 0 radical (unpaired) electrons. The highest BCUT2D eigenvalue weighted by molar-refractivity contribution is 7.97. The molecule has 2 aromatic carbocycles. The van der Waals surface area contributed by atoms with Gasteiger partial charge in [-0.15, -0.1) is 0 Å². The van der Waals surface area contributed by atoms with Crippen molar-refractivity contribution in [3.8, 4) is 0 Å². The van der Waals surface area contributed by atoms with Crippen LogP contribution in [0.3, 0.4) is 0 Å². The number of carbonyl (C=O) groups excluding carboxylic acids is 1. The molecule has 0 unspecified atom stereocenters. The smallest absolute Gasteiger partial charge is 0.240 e. The zero-order valence-corrected chi connectivity index (χ0v) is 20.4. The van der Waals surface area contributed by atoms with Crippen LogP contribution >= 0.6 is 11.8 Å². The van der Waals surface area contributed by atoms with Gasteiger partial charge in [-0.05, 0) is 50.1 Å². The number of nitrogens with one attached hydrogen (secondary N) is 1. The summed E-state index contributed by atoms with van der Waals surface area (Å²) in [6, 6.07) is 12.5. The van der Waals surface area contributed by atoms with E-state index >= 15 is 0 Å². The summed E-state index contributed by atoms with van der Waals surface area (Å²) < 4.78 is 16.2. The Balaban J connectivity index is 1.52. The normalized spacial score (nSPS) is 15.7. The Morgan fingerprint density at radius 1 is 1.18 bits per heavy atom. The minimum absolute atomic E-state index is 0.112. The summed E-state index contributed by atoms with van der Waals surface area (Å²) in [6.07, 6.45) is 2.03. The van der Waals surface area contributed by atoms with Crippen molar-refractivity contribution in [3.05, 3.63) is 59.7 Å². The Labute approximate surface area is 199 Å². The number of carbonyl (C=O) groups is 1. The van der Waals surface area contributed by atoms with Gasteiger partial charge in [0.05, 0.1) is 22.8 Å². The average Bonchev–Trinajstić information content (AvgIpc) is 3.16. The molecule has 0 bridgehead atoms. The fourth-order valence-corrected chi connectivity index (χ4v) is 4.99. The largest absolute Gasteiger partial charge is 0.369 e. The Hall–Kier alpha value is -2.58. The third-order valence-electron chi connectivity index (χ3n) is 6.30. The van der Waals surface area contributed by atoms with Crippen LogP contribution in [-0.2, 0) is 17.1 Å². The highest BCUT2D eigenvalue weighted by atomic mass is 32.2. The second-order valence-corrected chi connectivity index (χ2v) is 9.32. The number of benzene rings is 2. The number of halogens is 1. The van der Waals surface area contributed by atoms with Gasteiger partial charge in [-0.1, -0.05) is 19.1 Å². The quantitative estimate of drug-likeness (QED) is 0.539. The van der Waals surface area contributed by atoms with Crippen molar-refractivity contribution in [1.82, 2.24) is 19.8 Å². The maximum atomic E-state index is 14.2. The number of hydrogen-bond acceptors (Lipinski definition) is 5. The van der Waals surface area contributed by atoms with Crippen molar-refractivity contribution < 1.29 is 9.18 Å². The van der Waals surface area contributed by atoms with Crippen molar-refractivity contribution >= 4 is 34.4 Å². The monoisotopic (exact) mass is 469 g/mol. The van der Waals surface area contributed by atoms with Crippen LogP contribution in [0, 0.1) is 5.82 Å². The van der Waals surface area contributed by atoms with E-state index in [-0.39, 0.29) is 24.3 Å². The van der Waals surface area contributed by atoms with Gasteiger partial charge in [0, 0.05) is 37.4 Å². The number of nitrogens with zero attached hydrogens (tertiary/aromatic N) is 4. The molecule has 1 aliphatic heterocycles. The summed E-state index contributed by atoms with van der Waals surface area (Å²) in [5.41, 5.74) is 3.65. The molecule has 6 nitrogen and oxygen atoms in total. The summed E-state index contributed by atoms with van der Waals surface area (Å²) in [5.74, 6) is 1.21. The number of thioether (sulfide) groups is 1. The van der Waals surface area contributed by atoms with Gasteiger partial charge in [0.15, 0.2) is 0 Å². The highest BCUT2D eigenvalue weighted by Gasteiger charge is 2.22. The molecule has 1 amide bonds. The first-order valence-corrected chi connectivity index (χ1v) is 12.9. The van der Waals surface area contributed by atoms with Crippen LogP contribution in [0.25, 0.3) is 11.0 Å². The van der Waals surface area contributed by atoms with E-state index in [2.05, 4.69) is 22.0 Å². The predicted molar refractivity (Wildman–Crippen MR) is 134 cm³/mol. The zero-order valence-electron chi connectivity index (χ0n) is 19.6. The predicted octanol–water partition coefficient (Wildman–Crippen LogP) is 4.06. The maximum Gasteiger partial charge on any atom is 0.240 e. The van der Waals surface area contributed by atoms with E-state index in [0.717, 1.165) is 66.6 Å². The average molecular weight is 470 g/mol. The summed E-state index contributed by atoms with van der Waals surface area (Å²) >= 11 is 1.68. The molecular formula is C25H32FN5OS. The molecule has 176 valence electrons. The molecule has 4 rings (SSSR count). The molecule has 1 aromatic heterocycles. The third-order valence-corrected chi connectivity index (χ3v) is 6.85. The van der Waals surface area contributed by atoms with Gasteiger partial charge < -0.3 is 19.7 Å². The highest BCUT2D eigenvalue weighted by Crippen LogP contribution is 2.28. The number of anilines is 1. The van der Waals surface area contributed by atoms with Gasteiger partial charge in [0.25, 0.3) is 0 Å². The lowest BCUT2D eigenvalue weighted by atomic mass is 10.0. The molecule has 2 heterocycles. The Morgan fingerprint density at radius 3 is 2.67 bits per heavy atom. The Kier molecular flexibility index (Phi) is 7.55. The van der Waals surface area contributed by atoms with Gasteiger partial charge in [-0.3, -0.25) is 4.79 Å². The molecule has 0 saturated carbocycles. The number of para-hydroxylation sites is 2. The van der Waals surface area contributed by atoms with E-state index < -0.39 is 0 Å². The number of imidazole rings is 1. The number of hydrogen-bond donors (Lipinski definition) is 1. The molecule has 1 N–H and O–H groups in total. The first-order valence-electron chi connectivity index (χ1n) is 11.5. The summed E-state index contributed by atoms with van der Waals surface area (Å²) in [6.45, 7) is 9.08. The van der Waals surface area contributed by atoms with E-state index in [1.54, 1.807) is 17.8 Å². The molecule has 1 saturated heterocycles. The van der Waals surface area contributed by atoms with Crippen LogP contribution in [0.4, 0.5) is 10.1 Å². The molecule has 8 heteroatoms. The van der Waals surface area contributed by atoms with Crippen LogP contribution in [0.2, 0.25) is 0 Å². The number of piperazine rings is 1. The second kappa shape index (κ2) is 10.6. The van der Waals surface area contributed by atoms with Crippen LogP contribution in [0.1, 0.15) is 31.3 Å². The Morgan fingerprint density at radius 2 is 1.94 bits per heavy atom. The van der Waals surface area contributed by atoms with E-state index in [4.69, 9.17) is 4.98 Å². The first kappa shape index (κ1) is 23.6. The fourth-order valence-electron chi connectivity index (χ4n) is 4.51. The fraction of sp³-hybridized carbons (Fsp3) is 0.440. The van der Waals surface area contributed by atoms with E-state index in [9.17, 15) is 9.18 Å². The van der Waals surface area contributed by atoms with E-state index in [0.29, 0.717) is 0 Å². The minimum atomic E-state index is -0.314. The molecule has 1 atom stereocenters. The second-order valence-electron chi connectivity index (χ2n) is 8.45. The zero-order chi connectivity index (χ0) is 23.4. The molecule has 1 aliphatic rings. The lowest BCUT2D eigenvalue weighted by Gasteiger charge is -2.37. The van der Waals surface area contributed by atoms with Crippen LogP contribution in [0.15, 0.2) is 42.5 Å². The first-order chi connectivity index (χ1) is 16.0. The maximum absolute atomic E-state index is 14.2. The number of aromatic nitrogens is 2. The van der Waals surface area contributed by atoms with Crippen LogP contribution < -0.4 is 10.2 Å². The number of rotatable bonds is 8. The summed E-state index contributed by atoms with van der Waals surface area (Å²) in [7, 11) is 0. The van der Waals surface area contributed by atoms with E-state index in [1.807, 2.05) is 48.1 Å². The van der Waals surface area contributed by atoms with Gasteiger partial charge in [-0.2, -0.15) is 11.8 Å². The van der Waals surface area contributed by atoms with Crippen molar-refractivity contribution in [2.75, 3.05) is 43.9 Å². The van der Waals surface area contributed by atoms with Crippen LogP contribution in [0.5, 0.6) is 0 Å². The van der Waals surface area contributed by atoms with Gasteiger partial charge >= 0.3 is 0 Å². The lowest BCUT2D eigenvalue weighted by Crippen LogP contribution is -2.46. The summed E-state index contributed by atoms with van der Waals surface area (Å²) in [5, 5.41) is 3.10. The van der Waals surface area contributed by atoms with Crippen molar-refractivity contribution in [3.63, 3.8) is 0 Å². The van der Waals surface area contributed by atoms with Crippen molar-refractivity contribution in [1.29, 1.82) is 0 Å². The third kappa shape index (κ3) is 5.33. The minimum Gasteiger partial charge on any atom is -0.369 e. The molecule has 33 heavy (non-hydrogen) atoms. The SMILES string of the molecule is CCN1CCN(c2ccc(F)cc2[C@H](C)NC(=O)Cn2c(CSC)nc3ccccc32)CC1. The molecule has 1 fully saturated rings. The molecule has 0 spiro atoms. The van der Waals surface area contributed by atoms with E-state index in [1.165, 1.54) is 6.07 Å². The van der Waals surface area contributed by atoms with Crippen molar-refractivity contribution in [2.45, 2.75) is 32.2 Å². The molecule has 0 aliphatic carbocycles. The number of amides is 1. The Bertz CT molecular complexity index is 1110. The number of likely N-dealkylation sites (N-methyl/N-ethyl adjacent to an activating group) is 1. The standard InChI is InChI=1S/C25H32FN5OS/c1-4-29-11-13-30(14-12-29)22-10-9-19(26)15-20(22)18(2)27-25(32)16-31-23-8-6-5-7-21(23)28-24(31)17-33-3/h5-10,15,18H,4,11-14,16-17H2,1-3H3,(H,27,32)/t18-/m0/s1. The lowest BCUT2D eigenvalue weighted by molar-refractivity contribution is -0.122. The van der Waals surface area contributed by atoms with Gasteiger partial charge in [-0.25, -0.2) is 9.37 Å².